The van der Waals surface area contributed by atoms with Gasteiger partial charge >= 0.3 is 6.09 Å². The highest BCUT2D eigenvalue weighted by Crippen LogP contribution is 2.28. The lowest BCUT2D eigenvalue weighted by molar-refractivity contribution is -0.124. The first-order valence-corrected chi connectivity index (χ1v) is 8.97. The number of phenols is 1. The number of anilines is 1. The van der Waals surface area contributed by atoms with Crippen molar-refractivity contribution in [3.63, 3.8) is 0 Å². The minimum Gasteiger partial charge on any atom is -0.505 e. The number of carbonyl (C=O) groups is 3. The van der Waals surface area contributed by atoms with Crippen LogP contribution in [0.5, 0.6) is 5.75 Å². The SMILES string of the molecule is CO[C@@H](/C=C/C(=O)NO)[C@@H](OC(=O)Nc1ccc(C(C)=O)cc1)c1ccc(O)c(F)c1. The van der Waals surface area contributed by atoms with Gasteiger partial charge in [-0.1, -0.05) is 6.07 Å². The predicted octanol–water partition coefficient (Wildman–Crippen LogP) is 3.10. The molecule has 0 spiro atoms. The molecule has 0 heterocycles. The standard InChI is InChI=1S/C21H21FN2O7/c1-12(25)13-3-6-15(7-4-13)23-21(28)31-20(14-5-8-17(26)16(22)11-14)18(30-2)9-10-19(27)24-29/h3-11,18,20,26,29H,1-2H3,(H,23,28)(H,24,27)/b10-9+/t18-,20-/m0/s1. The summed E-state index contributed by atoms with van der Waals surface area (Å²) >= 11 is 0. The monoisotopic (exact) mass is 432 g/mol. The minimum atomic E-state index is -1.22. The van der Waals surface area contributed by atoms with Gasteiger partial charge in [0.15, 0.2) is 23.5 Å². The van der Waals surface area contributed by atoms with E-state index in [9.17, 15) is 23.9 Å². The van der Waals surface area contributed by atoms with Gasteiger partial charge in [-0.25, -0.2) is 14.7 Å². The molecule has 0 fully saturated rings. The quantitative estimate of drug-likeness (QED) is 0.218. The number of benzene rings is 2. The van der Waals surface area contributed by atoms with Crippen LogP contribution in [0.3, 0.4) is 0 Å². The van der Waals surface area contributed by atoms with Crippen molar-refractivity contribution in [1.29, 1.82) is 0 Å². The van der Waals surface area contributed by atoms with Crippen LogP contribution < -0.4 is 10.8 Å². The summed E-state index contributed by atoms with van der Waals surface area (Å²) in [6, 6.07) is 9.43. The molecule has 2 aromatic carbocycles. The summed E-state index contributed by atoms with van der Waals surface area (Å²) in [7, 11) is 1.28. The van der Waals surface area contributed by atoms with E-state index in [2.05, 4.69) is 5.32 Å². The first-order chi connectivity index (χ1) is 14.7. The summed E-state index contributed by atoms with van der Waals surface area (Å²) in [5, 5.41) is 20.5. The number of aromatic hydroxyl groups is 1. The van der Waals surface area contributed by atoms with Crippen LogP contribution in [0.2, 0.25) is 0 Å². The van der Waals surface area contributed by atoms with E-state index in [-0.39, 0.29) is 11.3 Å². The molecular formula is C21H21FN2O7. The Morgan fingerprint density at radius 1 is 1.13 bits per heavy atom. The Morgan fingerprint density at radius 3 is 2.35 bits per heavy atom. The number of carbonyl (C=O) groups excluding carboxylic acids is 3. The minimum absolute atomic E-state index is 0.134. The number of phenolic OH excluding ortho intramolecular Hbond substituents is 1. The Hall–Kier alpha value is -3.76. The van der Waals surface area contributed by atoms with Crippen molar-refractivity contribution in [2.24, 2.45) is 0 Å². The second-order valence-electron chi connectivity index (χ2n) is 6.33. The van der Waals surface area contributed by atoms with Crippen molar-refractivity contribution in [2.75, 3.05) is 12.4 Å². The lowest BCUT2D eigenvalue weighted by Gasteiger charge is -2.24. The number of ether oxygens (including phenoxy) is 2. The van der Waals surface area contributed by atoms with Gasteiger partial charge in [0.05, 0.1) is 0 Å². The smallest absolute Gasteiger partial charge is 0.412 e. The zero-order valence-corrected chi connectivity index (χ0v) is 16.7. The first-order valence-electron chi connectivity index (χ1n) is 8.97. The van der Waals surface area contributed by atoms with Gasteiger partial charge in [0, 0.05) is 24.4 Å². The van der Waals surface area contributed by atoms with Gasteiger partial charge in [-0.3, -0.25) is 20.1 Å². The molecule has 0 aliphatic rings. The normalized spacial score (nSPS) is 12.8. The average Bonchev–Trinajstić information content (AvgIpc) is 2.75. The van der Waals surface area contributed by atoms with Gasteiger partial charge in [-0.05, 0) is 55.0 Å². The fourth-order valence-electron chi connectivity index (χ4n) is 2.60. The van der Waals surface area contributed by atoms with Crippen LogP contribution in [0.15, 0.2) is 54.6 Å². The van der Waals surface area contributed by atoms with Gasteiger partial charge in [-0.15, -0.1) is 0 Å². The lowest BCUT2D eigenvalue weighted by atomic mass is 10.0. The van der Waals surface area contributed by atoms with E-state index in [0.717, 1.165) is 18.2 Å². The zero-order valence-electron chi connectivity index (χ0n) is 16.7. The Morgan fingerprint density at radius 2 is 1.81 bits per heavy atom. The zero-order chi connectivity index (χ0) is 23.0. The van der Waals surface area contributed by atoms with Gasteiger partial charge in [0.1, 0.15) is 6.10 Å². The highest BCUT2D eigenvalue weighted by molar-refractivity contribution is 5.95. The van der Waals surface area contributed by atoms with E-state index in [1.807, 2.05) is 0 Å². The van der Waals surface area contributed by atoms with Crippen LogP contribution in [-0.4, -0.2) is 41.3 Å². The van der Waals surface area contributed by atoms with Crippen molar-refractivity contribution in [3.05, 3.63) is 71.6 Å². The van der Waals surface area contributed by atoms with Crippen LogP contribution in [0.1, 0.15) is 28.9 Å². The fraction of sp³-hybridized carbons (Fsp3) is 0.190. The number of amides is 2. The largest absolute Gasteiger partial charge is 0.505 e. The molecule has 0 radical (unpaired) electrons. The number of methoxy groups -OCH3 is 1. The first kappa shape index (κ1) is 23.5. The second kappa shape index (κ2) is 10.9. The Labute approximate surface area is 177 Å². The predicted molar refractivity (Wildman–Crippen MR) is 107 cm³/mol. The molecule has 0 saturated heterocycles. The third kappa shape index (κ3) is 6.63. The van der Waals surface area contributed by atoms with E-state index in [1.165, 1.54) is 55.9 Å². The summed E-state index contributed by atoms with van der Waals surface area (Å²) in [5.41, 5.74) is 2.35. The number of Topliss-reactive ketones (excluding diaryl/α,β-unsaturated/α-hetero) is 1. The van der Waals surface area contributed by atoms with Gasteiger partial charge in [0.25, 0.3) is 5.91 Å². The van der Waals surface area contributed by atoms with Crippen LogP contribution in [0.4, 0.5) is 14.9 Å². The molecule has 164 valence electrons. The molecule has 4 N–H and O–H groups in total. The number of hydrogen-bond donors (Lipinski definition) is 4. The molecule has 0 aromatic heterocycles. The van der Waals surface area contributed by atoms with Gasteiger partial charge in [-0.2, -0.15) is 0 Å². The third-order valence-corrected chi connectivity index (χ3v) is 4.19. The summed E-state index contributed by atoms with van der Waals surface area (Å²) < 4.78 is 24.5. The molecule has 2 amide bonds. The topological polar surface area (TPSA) is 134 Å². The number of halogens is 1. The van der Waals surface area contributed by atoms with Crippen molar-refractivity contribution in [1.82, 2.24) is 5.48 Å². The van der Waals surface area contributed by atoms with Crippen LogP contribution in [0.25, 0.3) is 0 Å². The molecule has 10 heteroatoms. The third-order valence-electron chi connectivity index (χ3n) is 4.19. The highest BCUT2D eigenvalue weighted by Gasteiger charge is 2.27. The summed E-state index contributed by atoms with van der Waals surface area (Å²) in [6.07, 6.45) is -1.04. The van der Waals surface area contributed by atoms with Crippen LogP contribution in [0, 0.1) is 5.82 Å². The maximum Gasteiger partial charge on any atom is 0.412 e. The van der Waals surface area contributed by atoms with Gasteiger partial charge in [0.2, 0.25) is 0 Å². The average molecular weight is 432 g/mol. The molecular weight excluding hydrogens is 411 g/mol. The molecule has 2 aromatic rings. The molecule has 0 unspecified atom stereocenters. The molecule has 31 heavy (non-hydrogen) atoms. The van der Waals surface area contributed by atoms with Gasteiger partial charge < -0.3 is 14.6 Å². The van der Waals surface area contributed by atoms with Crippen LogP contribution in [-0.2, 0) is 14.3 Å². The Bertz CT molecular complexity index is 976. The summed E-state index contributed by atoms with van der Waals surface area (Å²) in [4.78, 5) is 35.1. The maximum atomic E-state index is 13.9. The highest BCUT2D eigenvalue weighted by atomic mass is 19.1. The number of nitrogens with one attached hydrogen (secondary N) is 2. The second-order valence-corrected chi connectivity index (χ2v) is 6.33. The Balaban J connectivity index is 2.27. The van der Waals surface area contributed by atoms with E-state index in [1.54, 1.807) is 0 Å². The molecule has 0 bridgehead atoms. The van der Waals surface area contributed by atoms with Crippen molar-refractivity contribution < 1.29 is 38.6 Å². The number of rotatable bonds is 8. The summed E-state index contributed by atoms with van der Waals surface area (Å²) in [6.45, 7) is 1.41. The van der Waals surface area contributed by atoms with Crippen LogP contribution >= 0.6 is 0 Å². The summed E-state index contributed by atoms with van der Waals surface area (Å²) in [5.74, 6) is -2.53. The van der Waals surface area contributed by atoms with E-state index in [4.69, 9.17) is 14.7 Å². The fourth-order valence-corrected chi connectivity index (χ4v) is 2.60. The maximum absolute atomic E-state index is 13.9. The van der Waals surface area contributed by atoms with E-state index < -0.39 is 35.8 Å². The van der Waals surface area contributed by atoms with Crippen molar-refractivity contribution in [3.8, 4) is 5.75 Å². The van der Waals surface area contributed by atoms with Crippen molar-refractivity contribution >= 4 is 23.5 Å². The molecule has 9 nitrogen and oxygen atoms in total. The molecule has 0 saturated carbocycles. The number of ketones is 1. The molecule has 2 atom stereocenters. The lowest BCUT2D eigenvalue weighted by Crippen LogP contribution is -2.27. The Kier molecular flexibility index (Phi) is 8.24. The molecule has 2 rings (SSSR count). The molecule has 0 aliphatic carbocycles. The van der Waals surface area contributed by atoms with E-state index >= 15 is 0 Å². The molecule has 0 aliphatic heterocycles. The van der Waals surface area contributed by atoms with Crippen molar-refractivity contribution in [2.45, 2.75) is 19.1 Å². The number of hydroxylamine groups is 1. The van der Waals surface area contributed by atoms with E-state index in [0.29, 0.717) is 11.3 Å². The number of hydrogen-bond acceptors (Lipinski definition) is 7.